The molecule has 1 N–H and O–H groups in total. The number of benzene rings is 1. The monoisotopic (exact) mass is 352 g/mol. The quantitative estimate of drug-likeness (QED) is 0.920. The molecule has 2 fully saturated rings. The molecular weight excluding hydrogens is 324 g/mol. The van der Waals surface area contributed by atoms with Crippen LogP contribution in [0.15, 0.2) is 30.3 Å². The van der Waals surface area contributed by atoms with Gasteiger partial charge in [0.25, 0.3) is 0 Å². The van der Waals surface area contributed by atoms with Crippen molar-refractivity contribution >= 4 is 5.91 Å². The molecular formula is C21H28N4O. The van der Waals surface area contributed by atoms with E-state index < -0.39 is 0 Å². The summed E-state index contributed by atoms with van der Waals surface area (Å²) in [4.78, 5) is 15.3. The molecule has 3 atom stereocenters. The van der Waals surface area contributed by atoms with Crippen molar-refractivity contribution in [1.82, 2.24) is 20.0 Å². The van der Waals surface area contributed by atoms with Crippen LogP contribution in [0, 0.1) is 32.6 Å². The van der Waals surface area contributed by atoms with E-state index in [0.29, 0.717) is 24.8 Å². The number of carbonyl (C=O) groups is 1. The van der Waals surface area contributed by atoms with Crippen LogP contribution in [0.3, 0.4) is 0 Å². The van der Waals surface area contributed by atoms with Crippen molar-refractivity contribution in [1.29, 1.82) is 0 Å². The zero-order chi connectivity index (χ0) is 18.3. The molecule has 0 saturated carbocycles. The van der Waals surface area contributed by atoms with Gasteiger partial charge in [-0.15, -0.1) is 0 Å². The van der Waals surface area contributed by atoms with Crippen molar-refractivity contribution < 1.29 is 4.79 Å². The summed E-state index contributed by atoms with van der Waals surface area (Å²) in [6, 6.07) is 10.8. The highest BCUT2D eigenvalue weighted by Gasteiger charge is 2.46. The van der Waals surface area contributed by atoms with Crippen molar-refractivity contribution in [3.8, 4) is 0 Å². The smallest absolute Gasteiger partial charge is 0.224 e. The molecule has 5 heteroatoms. The topological polar surface area (TPSA) is 50.2 Å². The number of nitrogens with zero attached hydrogens (tertiary/aromatic N) is 3. The van der Waals surface area contributed by atoms with Gasteiger partial charge in [0, 0.05) is 44.2 Å². The molecule has 5 nitrogen and oxygen atoms in total. The molecule has 0 spiro atoms. The second-order valence-electron chi connectivity index (χ2n) is 7.83. The van der Waals surface area contributed by atoms with Gasteiger partial charge in [0.05, 0.1) is 11.7 Å². The first kappa shape index (κ1) is 17.3. The number of hydrogen-bond donors (Lipinski definition) is 1. The van der Waals surface area contributed by atoms with Crippen LogP contribution in [-0.2, 0) is 11.3 Å². The summed E-state index contributed by atoms with van der Waals surface area (Å²) in [6.07, 6.45) is 0.511. The van der Waals surface area contributed by atoms with Crippen LogP contribution in [0.25, 0.3) is 0 Å². The lowest BCUT2D eigenvalue weighted by molar-refractivity contribution is -0.133. The Labute approximate surface area is 155 Å². The molecule has 0 aliphatic carbocycles. The SMILES string of the molecule is Cc1cc(C)n(CCC(=O)N2C[C@@H]3CNC[C@@H]3[C@H]2c2ccccc2C)n1. The molecule has 0 bridgehead atoms. The average molecular weight is 352 g/mol. The molecule has 2 aromatic rings. The first-order valence-corrected chi connectivity index (χ1v) is 9.61. The molecule has 0 unspecified atom stereocenters. The van der Waals surface area contributed by atoms with Crippen LogP contribution in [0.1, 0.15) is 35.0 Å². The Kier molecular flexibility index (Phi) is 4.57. The van der Waals surface area contributed by atoms with Gasteiger partial charge in [-0.1, -0.05) is 24.3 Å². The number of aromatic nitrogens is 2. The first-order valence-electron chi connectivity index (χ1n) is 9.61. The predicted octanol–water partition coefficient (Wildman–Crippen LogP) is 2.62. The van der Waals surface area contributed by atoms with Gasteiger partial charge in [-0.3, -0.25) is 9.48 Å². The lowest BCUT2D eigenvalue weighted by Gasteiger charge is -2.29. The van der Waals surface area contributed by atoms with E-state index in [1.807, 2.05) is 18.5 Å². The number of rotatable bonds is 4. The fourth-order valence-corrected chi connectivity index (χ4v) is 4.74. The number of fused-ring (bicyclic) bond motifs is 1. The molecule has 138 valence electrons. The number of carbonyl (C=O) groups excluding carboxylic acids is 1. The third kappa shape index (κ3) is 3.05. The summed E-state index contributed by atoms with van der Waals surface area (Å²) >= 11 is 0. The molecule has 1 aromatic carbocycles. The maximum absolute atomic E-state index is 13.1. The zero-order valence-corrected chi connectivity index (χ0v) is 15.9. The lowest BCUT2D eigenvalue weighted by Crippen LogP contribution is -2.35. The lowest BCUT2D eigenvalue weighted by atomic mass is 9.87. The standard InChI is InChI=1S/C21H28N4O/c1-14-6-4-5-7-18(14)21-19-12-22-11-17(19)13-24(21)20(26)8-9-25-16(3)10-15(2)23-25/h4-7,10,17,19,21-22H,8-9,11-13H2,1-3H3/t17-,19-,21+/m0/s1. The Morgan fingerprint density at radius 1 is 1.23 bits per heavy atom. The Bertz CT molecular complexity index is 812. The highest BCUT2D eigenvalue weighted by Crippen LogP contribution is 2.43. The summed E-state index contributed by atoms with van der Waals surface area (Å²) in [5.74, 6) is 1.34. The van der Waals surface area contributed by atoms with Gasteiger partial charge >= 0.3 is 0 Å². The molecule has 1 amide bonds. The first-order chi connectivity index (χ1) is 12.5. The molecule has 2 aliphatic rings. The third-order valence-corrected chi connectivity index (χ3v) is 6.03. The summed E-state index contributed by atoms with van der Waals surface area (Å²) in [5.41, 5.74) is 4.72. The van der Waals surface area contributed by atoms with Crippen molar-refractivity contribution in [3.05, 3.63) is 52.8 Å². The Hall–Kier alpha value is -2.14. The van der Waals surface area contributed by atoms with E-state index in [-0.39, 0.29) is 11.9 Å². The fraction of sp³-hybridized carbons (Fsp3) is 0.524. The Morgan fingerprint density at radius 3 is 2.77 bits per heavy atom. The molecule has 4 rings (SSSR count). The highest BCUT2D eigenvalue weighted by atomic mass is 16.2. The van der Waals surface area contributed by atoms with Crippen molar-refractivity contribution in [3.63, 3.8) is 0 Å². The van der Waals surface area contributed by atoms with Gasteiger partial charge in [-0.25, -0.2) is 0 Å². The second-order valence-corrected chi connectivity index (χ2v) is 7.83. The van der Waals surface area contributed by atoms with Gasteiger partial charge in [0.15, 0.2) is 0 Å². The van der Waals surface area contributed by atoms with Crippen LogP contribution in [-0.4, -0.2) is 40.2 Å². The van der Waals surface area contributed by atoms with Gasteiger partial charge in [0.1, 0.15) is 0 Å². The van der Waals surface area contributed by atoms with Gasteiger partial charge in [0.2, 0.25) is 5.91 Å². The maximum Gasteiger partial charge on any atom is 0.224 e. The average Bonchev–Trinajstić information content (AvgIpc) is 3.27. The van der Waals surface area contributed by atoms with Crippen LogP contribution < -0.4 is 5.32 Å². The highest BCUT2D eigenvalue weighted by molar-refractivity contribution is 5.77. The van der Waals surface area contributed by atoms with Gasteiger partial charge in [-0.05, 0) is 43.9 Å². The third-order valence-electron chi connectivity index (χ3n) is 6.03. The van der Waals surface area contributed by atoms with E-state index in [0.717, 1.165) is 31.0 Å². The van der Waals surface area contributed by atoms with E-state index in [1.165, 1.54) is 11.1 Å². The number of likely N-dealkylation sites (tertiary alicyclic amines) is 1. The van der Waals surface area contributed by atoms with Crippen LogP contribution >= 0.6 is 0 Å². The molecule has 1 aromatic heterocycles. The Morgan fingerprint density at radius 2 is 2.04 bits per heavy atom. The number of hydrogen-bond acceptors (Lipinski definition) is 3. The minimum Gasteiger partial charge on any atom is -0.335 e. The summed E-state index contributed by atoms with van der Waals surface area (Å²) in [5, 5.41) is 8.01. The summed E-state index contributed by atoms with van der Waals surface area (Å²) < 4.78 is 1.95. The van der Waals surface area contributed by atoms with Crippen molar-refractivity contribution in [2.24, 2.45) is 11.8 Å². The number of amides is 1. The van der Waals surface area contributed by atoms with Crippen LogP contribution in [0.2, 0.25) is 0 Å². The maximum atomic E-state index is 13.1. The molecule has 3 heterocycles. The largest absolute Gasteiger partial charge is 0.335 e. The summed E-state index contributed by atoms with van der Waals surface area (Å²) in [6.45, 7) is 9.75. The van der Waals surface area contributed by atoms with Crippen LogP contribution in [0.4, 0.5) is 0 Å². The number of aryl methyl sites for hydroxylation is 4. The zero-order valence-electron chi connectivity index (χ0n) is 15.9. The molecule has 2 saturated heterocycles. The van der Waals surface area contributed by atoms with Crippen molar-refractivity contribution in [2.75, 3.05) is 19.6 Å². The van der Waals surface area contributed by atoms with Crippen molar-refractivity contribution in [2.45, 2.75) is 39.8 Å². The van der Waals surface area contributed by atoms with Gasteiger partial charge in [-0.2, -0.15) is 5.10 Å². The minimum atomic E-state index is 0.198. The van der Waals surface area contributed by atoms with E-state index in [1.54, 1.807) is 0 Å². The van der Waals surface area contributed by atoms with Gasteiger partial charge < -0.3 is 10.2 Å². The summed E-state index contributed by atoms with van der Waals surface area (Å²) in [7, 11) is 0. The van der Waals surface area contributed by atoms with Crippen LogP contribution in [0.5, 0.6) is 0 Å². The molecule has 26 heavy (non-hydrogen) atoms. The number of nitrogens with one attached hydrogen (secondary N) is 1. The predicted molar refractivity (Wildman–Crippen MR) is 102 cm³/mol. The van der Waals surface area contributed by atoms with E-state index in [4.69, 9.17) is 0 Å². The normalized spacial score (nSPS) is 24.9. The van der Waals surface area contributed by atoms with E-state index in [9.17, 15) is 4.79 Å². The molecule has 0 radical (unpaired) electrons. The van der Waals surface area contributed by atoms with E-state index in [2.05, 4.69) is 52.6 Å². The van der Waals surface area contributed by atoms with E-state index >= 15 is 0 Å². The minimum absolute atomic E-state index is 0.198. The molecule has 2 aliphatic heterocycles. The Balaban J connectivity index is 1.54. The second kappa shape index (κ2) is 6.88. The fourth-order valence-electron chi connectivity index (χ4n) is 4.74.